The Morgan fingerprint density at radius 1 is 1.00 bits per heavy atom. The second kappa shape index (κ2) is 9.15. The Morgan fingerprint density at radius 2 is 1.86 bits per heavy atom. The molecule has 0 radical (unpaired) electrons. The van der Waals surface area contributed by atoms with Crippen molar-refractivity contribution in [2.24, 2.45) is 0 Å². The van der Waals surface area contributed by atoms with Crippen molar-refractivity contribution in [3.05, 3.63) is 82.8 Å². The molecule has 8 heteroatoms. The van der Waals surface area contributed by atoms with E-state index < -0.39 is 0 Å². The van der Waals surface area contributed by atoms with Crippen LogP contribution in [0.25, 0.3) is 10.9 Å². The average Bonchev–Trinajstić information content (AvgIpc) is 3.65. The van der Waals surface area contributed by atoms with E-state index in [2.05, 4.69) is 11.0 Å². The number of halogens is 1. The number of aromatic nitrogens is 1. The maximum atomic E-state index is 13.8. The quantitative estimate of drug-likeness (QED) is 0.348. The van der Waals surface area contributed by atoms with Crippen molar-refractivity contribution in [1.82, 2.24) is 9.88 Å². The van der Waals surface area contributed by atoms with Crippen molar-refractivity contribution in [2.45, 2.75) is 25.9 Å². The largest absolute Gasteiger partial charge is 0.467 e. The molecule has 0 spiro atoms. The third-order valence-corrected chi connectivity index (χ3v) is 6.67. The van der Waals surface area contributed by atoms with Crippen LogP contribution in [0.2, 0.25) is 5.02 Å². The Labute approximate surface area is 207 Å². The Morgan fingerprint density at radius 3 is 2.69 bits per heavy atom. The molecule has 4 heterocycles. The van der Waals surface area contributed by atoms with Crippen LogP contribution < -0.4 is 14.4 Å². The number of furan rings is 1. The minimum atomic E-state index is -0.122. The maximum Gasteiger partial charge on any atom is 0.254 e. The van der Waals surface area contributed by atoms with Gasteiger partial charge in [-0.2, -0.15) is 0 Å². The highest BCUT2D eigenvalue weighted by molar-refractivity contribution is 6.31. The standard InChI is InChI=1S/C27H24ClN3O4/c28-21-7-5-18-12-20(26(29-23(18)14-21)30-9-1-2-10-30)15-31(16-22-4-3-11-33-22)27(32)19-6-8-24-25(13-19)35-17-34-24/h3-8,11-14H,1-2,9-10,15-17H2. The van der Waals surface area contributed by atoms with E-state index in [0.717, 1.165) is 48.2 Å². The molecule has 2 aromatic heterocycles. The molecule has 0 aliphatic carbocycles. The zero-order valence-electron chi connectivity index (χ0n) is 19.1. The number of fused-ring (bicyclic) bond motifs is 2. The second-order valence-corrected chi connectivity index (χ2v) is 9.25. The molecule has 7 nitrogen and oxygen atoms in total. The molecule has 2 aliphatic heterocycles. The van der Waals surface area contributed by atoms with Gasteiger partial charge in [-0.1, -0.05) is 17.7 Å². The summed E-state index contributed by atoms with van der Waals surface area (Å²) >= 11 is 6.25. The first-order valence-corrected chi connectivity index (χ1v) is 12.1. The normalized spacial score (nSPS) is 14.6. The van der Waals surface area contributed by atoms with Gasteiger partial charge in [0.15, 0.2) is 11.5 Å². The van der Waals surface area contributed by atoms with Gasteiger partial charge in [0.05, 0.1) is 24.9 Å². The molecule has 1 fully saturated rings. The van der Waals surface area contributed by atoms with Gasteiger partial charge in [-0.3, -0.25) is 4.79 Å². The highest BCUT2D eigenvalue weighted by Gasteiger charge is 2.25. The number of ether oxygens (including phenoxy) is 2. The molecule has 178 valence electrons. The summed E-state index contributed by atoms with van der Waals surface area (Å²) in [5.74, 6) is 2.72. The van der Waals surface area contributed by atoms with E-state index in [1.165, 1.54) is 0 Å². The van der Waals surface area contributed by atoms with Gasteiger partial charge in [-0.25, -0.2) is 4.98 Å². The lowest BCUT2D eigenvalue weighted by atomic mass is 10.1. The third-order valence-electron chi connectivity index (χ3n) is 6.44. The van der Waals surface area contributed by atoms with Crippen LogP contribution in [0, 0.1) is 0 Å². The first-order valence-electron chi connectivity index (χ1n) is 11.7. The monoisotopic (exact) mass is 489 g/mol. The van der Waals surface area contributed by atoms with E-state index in [9.17, 15) is 4.79 Å². The maximum absolute atomic E-state index is 13.8. The number of carbonyl (C=O) groups excluding carboxylic acids is 1. The second-order valence-electron chi connectivity index (χ2n) is 8.81. The number of rotatable bonds is 6. The molecule has 1 saturated heterocycles. The SMILES string of the molecule is O=C(c1ccc2c(c1)OCO2)N(Cc1ccco1)Cc1cc2ccc(Cl)cc2nc1N1CCCC1. The van der Waals surface area contributed by atoms with Crippen LogP contribution in [0.15, 0.2) is 65.3 Å². The molecule has 0 saturated carbocycles. The molecule has 0 bridgehead atoms. The fourth-order valence-electron chi connectivity index (χ4n) is 4.70. The van der Waals surface area contributed by atoms with E-state index in [1.54, 1.807) is 29.4 Å². The van der Waals surface area contributed by atoms with Crippen LogP contribution in [0.5, 0.6) is 11.5 Å². The number of benzene rings is 2. The van der Waals surface area contributed by atoms with Gasteiger partial charge >= 0.3 is 0 Å². The predicted octanol–water partition coefficient (Wildman–Crippen LogP) is 5.65. The molecule has 1 amide bonds. The van der Waals surface area contributed by atoms with Crippen LogP contribution in [0.1, 0.15) is 34.5 Å². The Balaban J connectivity index is 1.39. The fraction of sp³-hybridized carbons (Fsp3) is 0.259. The van der Waals surface area contributed by atoms with Crippen molar-refractivity contribution in [3.8, 4) is 11.5 Å². The highest BCUT2D eigenvalue weighted by Crippen LogP contribution is 2.34. The average molecular weight is 490 g/mol. The van der Waals surface area contributed by atoms with Gasteiger partial charge in [-0.15, -0.1) is 0 Å². The van der Waals surface area contributed by atoms with Crippen LogP contribution in [0.3, 0.4) is 0 Å². The van der Waals surface area contributed by atoms with Crippen LogP contribution in [-0.4, -0.2) is 35.7 Å². The summed E-state index contributed by atoms with van der Waals surface area (Å²) in [4.78, 5) is 22.8. The van der Waals surface area contributed by atoms with Crippen LogP contribution >= 0.6 is 11.6 Å². The van der Waals surface area contributed by atoms with Gasteiger partial charge in [0.25, 0.3) is 5.91 Å². The number of carbonyl (C=O) groups is 1. The number of anilines is 1. The fourth-order valence-corrected chi connectivity index (χ4v) is 4.87. The summed E-state index contributed by atoms with van der Waals surface area (Å²) in [7, 11) is 0. The molecule has 4 aromatic rings. The Bertz CT molecular complexity index is 1380. The van der Waals surface area contributed by atoms with Crippen molar-refractivity contribution in [1.29, 1.82) is 0 Å². The summed E-state index contributed by atoms with van der Waals surface area (Å²) in [5, 5.41) is 1.64. The number of hydrogen-bond acceptors (Lipinski definition) is 6. The van der Waals surface area contributed by atoms with Gasteiger partial charge in [0.1, 0.15) is 11.6 Å². The lowest BCUT2D eigenvalue weighted by Crippen LogP contribution is -2.31. The minimum absolute atomic E-state index is 0.122. The zero-order chi connectivity index (χ0) is 23.8. The van der Waals surface area contributed by atoms with Crippen LogP contribution in [0.4, 0.5) is 5.82 Å². The molecule has 6 rings (SSSR count). The summed E-state index contributed by atoms with van der Waals surface area (Å²) < 4.78 is 16.5. The molecule has 0 atom stereocenters. The highest BCUT2D eigenvalue weighted by atomic mass is 35.5. The predicted molar refractivity (Wildman–Crippen MR) is 133 cm³/mol. The number of pyridine rings is 1. The van der Waals surface area contributed by atoms with Crippen molar-refractivity contribution < 1.29 is 18.7 Å². The van der Waals surface area contributed by atoms with Gasteiger partial charge in [-0.05, 0) is 61.4 Å². The van der Waals surface area contributed by atoms with Crippen molar-refractivity contribution in [2.75, 3.05) is 24.8 Å². The number of nitrogens with zero attached hydrogens (tertiary/aromatic N) is 3. The molecule has 2 aromatic carbocycles. The molecule has 0 unspecified atom stereocenters. The van der Waals surface area contributed by atoms with E-state index in [1.807, 2.05) is 30.3 Å². The van der Waals surface area contributed by atoms with Gasteiger partial charge in [0, 0.05) is 34.6 Å². The summed E-state index contributed by atoms with van der Waals surface area (Å²) in [5.41, 5.74) is 2.37. The minimum Gasteiger partial charge on any atom is -0.467 e. The topological polar surface area (TPSA) is 68.0 Å². The zero-order valence-corrected chi connectivity index (χ0v) is 19.8. The summed E-state index contributed by atoms with van der Waals surface area (Å²) in [6.07, 6.45) is 3.87. The van der Waals surface area contributed by atoms with E-state index in [-0.39, 0.29) is 12.7 Å². The summed E-state index contributed by atoms with van der Waals surface area (Å²) in [6.45, 7) is 2.76. The van der Waals surface area contributed by atoms with Crippen LogP contribution in [-0.2, 0) is 13.1 Å². The smallest absolute Gasteiger partial charge is 0.254 e. The third kappa shape index (κ3) is 4.39. The molecular formula is C27H24ClN3O4. The van der Waals surface area contributed by atoms with Crippen molar-refractivity contribution >= 4 is 34.2 Å². The molecular weight excluding hydrogens is 466 g/mol. The van der Waals surface area contributed by atoms with E-state index in [0.29, 0.717) is 40.9 Å². The lowest BCUT2D eigenvalue weighted by Gasteiger charge is -2.26. The molecule has 0 N–H and O–H groups in total. The molecule has 2 aliphatic rings. The first kappa shape index (κ1) is 21.8. The Kier molecular flexibility index (Phi) is 5.70. The summed E-state index contributed by atoms with van der Waals surface area (Å²) in [6, 6.07) is 16.8. The molecule has 35 heavy (non-hydrogen) atoms. The van der Waals surface area contributed by atoms with E-state index in [4.69, 9.17) is 30.5 Å². The lowest BCUT2D eigenvalue weighted by molar-refractivity contribution is 0.0717. The van der Waals surface area contributed by atoms with Gasteiger partial charge < -0.3 is 23.7 Å². The van der Waals surface area contributed by atoms with Crippen molar-refractivity contribution in [3.63, 3.8) is 0 Å². The van der Waals surface area contributed by atoms with Gasteiger partial charge in [0.2, 0.25) is 6.79 Å². The number of hydrogen-bond donors (Lipinski definition) is 0. The number of amides is 1. The first-order chi connectivity index (χ1) is 17.1. The Hall–Kier alpha value is -3.71. The van der Waals surface area contributed by atoms with E-state index >= 15 is 0 Å².